The van der Waals surface area contributed by atoms with E-state index in [-0.39, 0.29) is 12.1 Å². The normalized spacial score (nSPS) is 11.1. The Balaban J connectivity index is 2.02. The van der Waals surface area contributed by atoms with Crippen LogP contribution in [-0.2, 0) is 6.54 Å². The quantitative estimate of drug-likeness (QED) is 0.749. The van der Waals surface area contributed by atoms with Crippen molar-refractivity contribution in [3.05, 3.63) is 56.2 Å². The van der Waals surface area contributed by atoms with Crippen LogP contribution in [0.4, 0.5) is 8.78 Å². The van der Waals surface area contributed by atoms with Crippen LogP contribution >= 0.6 is 27.3 Å². The Bertz CT molecular complexity index is 629. The maximum absolute atomic E-state index is 13.5. The Hall–Kier alpha value is -1.11. The molecule has 106 valence electrons. The van der Waals surface area contributed by atoms with Crippen molar-refractivity contribution in [2.75, 3.05) is 13.6 Å². The van der Waals surface area contributed by atoms with E-state index in [1.165, 1.54) is 0 Å². The number of carbonyl (C=O) groups is 1. The number of likely N-dealkylation sites (N-methyl/N-ethyl adjacent to an activating group) is 1. The third-order valence-corrected chi connectivity index (χ3v) is 4.27. The molecule has 0 fully saturated rings. The lowest BCUT2D eigenvalue weighted by Gasteiger charge is -2.15. The van der Waals surface area contributed by atoms with E-state index in [2.05, 4.69) is 15.9 Å². The predicted octanol–water partition coefficient (Wildman–Crippen LogP) is 4.10. The van der Waals surface area contributed by atoms with E-state index < -0.39 is 17.4 Å². The molecule has 0 amide bonds. The summed E-state index contributed by atoms with van der Waals surface area (Å²) in [6.45, 7) is 0.610. The molecule has 20 heavy (non-hydrogen) atoms. The van der Waals surface area contributed by atoms with Crippen molar-refractivity contribution in [2.45, 2.75) is 6.54 Å². The molecular weight excluding hydrogens is 348 g/mol. The highest BCUT2D eigenvalue weighted by Crippen LogP contribution is 2.21. The molecule has 1 aromatic carbocycles. The fourth-order valence-electron chi connectivity index (χ4n) is 1.84. The highest BCUT2D eigenvalue weighted by molar-refractivity contribution is 9.11. The predicted molar refractivity (Wildman–Crippen MR) is 79.0 cm³/mol. The summed E-state index contributed by atoms with van der Waals surface area (Å²) < 4.78 is 27.6. The summed E-state index contributed by atoms with van der Waals surface area (Å²) in [6.07, 6.45) is 0. The Morgan fingerprint density at radius 3 is 2.75 bits per heavy atom. The largest absolute Gasteiger partial charge is 0.295 e. The SMILES string of the molecule is CN(CC(=O)c1cc(F)ccc1F)Cc1csc(Br)c1. The Morgan fingerprint density at radius 2 is 2.10 bits per heavy atom. The van der Waals surface area contributed by atoms with Gasteiger partial charge < -0.3 is 0 Å². The smallest absolute Gasteiger partial charge is 0.179 e. The molecule has 0 unspecified atom stereocenters. The fourth-order valence-corrected chi connectivity index (χ4v) is 3.04. The maximum Gasteiger partial charge on any atom is 0.179 e. The summed E-state index contributed by atoms with van der Waals surface area (Å²) in [5, 5.41) is 1.98. The first-order valence-electron chi connectivity index (χ1n) is 5.85. The van der Waals surface area contributed by atoms with Gasteiger partial charge in [-0.3, -0.25) is 9.69 Å². The molecule has 2 aromatic rings. The monoisotopic (exact) mass is 359 g/mol. The zero-order valence-corrected chi connectivity index (χ0v) is 13.1. The van der Waals surface area contributed by atoms with E-state index in [1.807, 2.05) is 11.4 Å². The van der Waals surface area contributed by atoms with Crippen molar-refractivity contribution < 1.29 is 13.6 Å². The Kier molecular flexibility index (Phi) is 5.01. The van der Waals surface area contributed by atoms with E-state index >= 15 is 0 Å². The van der Waals surface area contributed by atoms with Crippen LogP contribution in [0.1, 0.15) is 15.9 Å². The number of rotatable bonds is 5. The van der Waals surface area contributed by atoms with Crippen LogP contribution in [0.15, 0.2) is 33.4 Å². The fraction of sp³-hybridized carbons (Fsp3) is 0.214. The standard InChI is InChI=1S/C14H12BrF2NOS/c1-18(6-9-4-14(15)20-8-9)7-13(19)11-5-10(16)2-3-12(11)17/h2-5,8H,6-7H2,1H3. The van der Waals surface area contributed by atoms with Gasteiger partial charge in [-0.15, -0.1) is 11.3 Å². The van der Waals surface area contributed by atoms with Crippen LogP contribution in [0.3, 0.4) is 0 Å². The van der Waals surface area contributed by atoms with Crippen molar-refractivity contribution in [1.29, 1.82) is 0 Å². The minimum absolute atomic E-state index is 0.0356. The minimum atomic E-state index is -0.692. The summed E-state index contributed by atoms with van der Waals surface area (Å²) in [6, 6.07) is 4.87. The molecule has 0 saturated carbocycles. The van der Waals surface area contributed by atoms with Gasteiger partial charge in [0.1, 0.15) is 11.6 Å². The molecule has 0 spiro atoms. The first-order chi connectivity index (χ1) is 9.45. The van der Waals surface area contributed by atoms with Crippen molar-refractivity contribution in [3.8, 4) is 0 Å². The third kappa shape index (κ3) is 3.94. The van der Waals surface area contributed by atoms with Gasteiger partial charge >= 0.3 is 0 Å². The lowest BCUT2D eigenvalue weighted by atomic mass is 10.1. The molecule has 0 aliphatic heterocycles. The first kappa shape index (κ1) is 15.3. The van der Waals surface area contributed by atoms with Gasteiger partial charge in [0.05, 0.1) is 15.9 Å². The second kappa shape index (κ2) is 6.56. The molecule has 0 atom stereocenters. The van der Waals surface area contributed by atoms with Crippen LogP contribution < -0.4 is 0 Å². The summed E-state index contributed by atoms with van der Waals surface area (Å²) in [5.41, 5.74) is 0.861. The van der Waals surface area contributed by atoms with E-state index in [1.54, 1.807) is 23.3 Å². The van der Waals surface area contributed by atoms with E-state index in [4.69, 9.17) is 0 Å². The van der Waals surface area contributed by atoms with Gasteiger partial charge in [-0.05, 0) is 58.2 Å². The Labute approximate surface area is 128 Å². The van der Waals surface area contributed by atoms with E-state index in [0.717, 1.165) is 27.5 Å². The molecule has 0 bridgehead atoms. The summed E-state index contributed by atoms with van der Waals surface area (Å²) >= 11 is 4.93. The van der Waals surface area contributed by atoms with Gasteiger partial charge in [-0.25, -0.2) is 8.78 Å². The number of hydrogen-bond donors (Lipinski definition) is 0. The number of carbonyl (C=O) groups excluding carboxylic acids is 1. The third-order valence-electron chi connectivity index (χ3n) is 2.72. The number of ketones is 1. The number of halogens is 3. The average Bonchev–Trinajstić information content (AvgIpc) is 2.77. The van der Waals surface area contributed by atoms with E-state index in [9.17, 15) is 13.6 Å². The zero-order chi connectivity index (χ0) is 14.7. The lowest BCUT2D eigenvalue weighted by Crippen LogP contribution is -2.26. The molecule has 1 heterocycles. The number of Topliss-reactive ketones (excluding diaryl/α,β-unsaturated/α-hetero) is 1. The second-order valence-corrected chi connectivity index (χ2v) is 6.77. The van der Waals surface area contributed by atoms with Gasteiger partial charge in [0.15, 0.2) is 5.78 Å². The minimum Gasteiger partial charge on any atom is -0.295 e. The molecule has 0 radical (unpaired) electrons. The molecular formula is C14H12BrF2NOS. The topological polar surface area (TPSA) is 20.3 Å². The molecule has 2 rings (SSSR count). The molecule has 0 aliphatic carbocycles. The van der Waals surface area contributed by atoms with Crippen LogP contribution in [0.5, 0.6) is 0 Å². The molecule has 1 aromatic heterocycles. The van der Waals surface area contributed by atoms with Gasteiger partial charge in [-0.2, -0.15) is 0 Å². The van der Waals surface area contributed by atoms with Gasteiger partial charge in [0.25, 0.3) is 0 Å². The van der Waals surface area contributed by atoms with Gasteiger partial charge in [0.2, 0.25) is 0 Å². The molecule has 0 saturated heterocycles. The van der Waals surface area contributed by atoms with Gasteiger partial charge in [0, 0.05) is 6.54 Å². The summed E-state index contributed by atoms with van der Waals surface area (Å²) in [7, 11) is 1.76. The number of benzene rings is 1. The van der Waals surface area contributed by atoms with Crippen LogP contribution in [0.25, 0.3) is 0 Å². The van der Waals surface area contributed by atoms with Crippen molar-refractivity contribution in [1.82, 2.24) is 4.90 Å². The molecule has 0 aliphatic rings. The maximum atomic E-state index is 13.5. The molecule has 2 nitrogen and oxygen atoms in total. The van der Waals surface area contributed by atoms with Crippen molar-refractivity contribution in [3.63, 3.8) is 0 Å². The summed E-state index contributed by atoms with van der Waals surface area (Å²) in [4.78, 5) is 13.7. The van der Waals surface area contributed by atoms with Crippen LogP contribution in [-0.4, -0.2) is 24.3 Å². The highest BCUT2D eigenvalue weighted by Gasteiger charge is 2.15. The van der Waals surface area contributed by atoms with Crippen molar-refractivity contribution >= 4 is 33.0 Å². The first-order valence-corrected chi connectivity index (χ1v) is 7.52. The summed E-state index contributed by atoms with van der Waals surface area (Å²) in [5.74, 6) is -1.74. The lowest BCUT2D eigenvalue weighted by molar-refractivity contribution is 0.0938. The second-order valence-electron chi connectivity index (χ2n) is 4.48. The van der Waals surface area contributed by atoms with Crippen molar-refractivity contribution in [2.24, 2.45) is 0 Å². The van der Waals surface area contributed by atoms with Gasteiger partial charge in [-0.1, -0.05) is 0 Å². The number of nitrogens with zero attached hydrogens (tertiary/aromatic N) is 1. The Morgan fingerprint density at radius 1 is 1.35 bits per heavy atom. The average molecular weight is 360 g/mol. The highest BCUT2D eigenvalue weighted by atomic mass is 79.9. The number of thiophene rings is 1. The van der Waals surface area contributed by atoms with E-state index in [0.29, 0.717) is 6.54 Å². The molecule has 6 heteroatoms. The van der Waals surface area contributed by atoms with Crippen LogP contribution in [0, 0.1) is 11.6 Å². The van der Waals surface area contributed by atoms with Crippen LogP contribution in [0.2, 0.25) is 0 Å². The number of hydrogen-bond acceptors (Lipinski definition) is 3. The molecule has 0 N–H and O–H groups in total. The zero-order valence-electron chi connectivity index (χ0n) is 10.7.